The Kier molecular flexibility index (Phi) is 3.76. The molecule has 0 saturated heterocycles. The van der Waals surface area contributed by atoms with Crippen molar-refractivity contribution in [1.29, 1.82) is 0 Å². The van der Waals surface area contributed by atoms with Crippen LogP contribution in [0.5, 0.6) is 0 Å². The summed E-state index contributed by atoms with van der Waals surface area (Å²) in [6, 6.07) is 10.6. The maximum atomic E-state index is 13.6. The first-order valence-electron chi connectivity index (χ1n) is 6.56. The number of alkyl halides is 1. The van der Waals surface area contributed by atoms with Gasteiger partial charge in [-0.15, -0.1) is 11.6 Å². The van der Waals surface area contributed by atoms with E-state index in [0.717, 1.165) is 21.2 Å². The molecule has 0 radical (unpaired) electrons. The molecule has 3 aromatic rings. The van der Waals surface area contributed by atoms with Gasteiger partial charge < -0.3 is 0 Å². The van der Waals surface area contributed by atoms with Crippen molar-refractivity contribution in [3.63, 3.8) is 0 Å². The predicted molar refractivity (Wildman–Crippen MR) is 87.7 cm³/mol. The van der Waals surface area contributed by atoms with Crippen molar-refractivity contribution in [2.75, 3.05) is 0 Å². The summed E-state index contributed by atoms with van der Waals surface area (Å²) in [4.78, 5) is 4.54. The maximum absolute atomic E-state index is 13.6. The van der Waals surface area contributed by atoms with Gasteiger partial charge >= 0.3 is 0 Å². The Morgan fingerprint density at radius 3 is 2.67 bits per heavy atom. The highest BCUT2D eigenvalue weighted by atomic mass is 79.9. The van der Waals surface area contributed by atoms with Crippen molar-refractivity contribution in [2.24, 2.45) is 0 Å². The van der Waals surface area contributed by atoms with Crippen LogP contribution in [-0.4, -0.2) is 9.55 Å². The molecule has 0 bridgehead atoms. The van der Waals surface area contributed by atoms with E-state index in [1.54, 1.807) is 6.07 Å². The Hall–Kier alpha value is -1.39. The molecule has 108 valence electrons. The Morgan fingerprint density at radius 2 is 2.00 bits per heavy atom. The van der Waals surface area contributed by atoms with Crippen LogP contribution in [0.25, 0.3) is 16.7 Å². The summed E-state index contributed by atoms with van der Waals surface area (Å²) in [6.45, 7) is 3.88. The van der Waals surface area contributed by atoms with Gasteiger partial charge in [-0.2, -0.15) is 0 Å². The SMILES string of the molecule is Cc1ccc(-n2c(C(C)Cl)nc3ccc(F)cc32)c(Br)c1. The standard InChI is InChI=1S/C16H13BrClFN2/c1-9-3-6-14(12(17)7-9)21-15-8-11(19)4-5-13(15)20-16(21)10(2)18/h3-8,10H,1-2H3. The number of fused-ring (bicyclic) bond motifs is 1. The number of imidazole rings is 1. The van der Waals surface area contributed by atoms with Crippen molar-refractivity contribution >= 4 is 38.6 Å². The van der Waals surface area contributed by atoms with E-state index in [9.17, 15) is 4.39 Å². The van der Waals surface area contributed by atoms with Crippen LogP contribution in [0.15, 0.2) is 40.9 Å². The Labute approximate surface area is 135 Å². The van der Waals surface area contributed by atoms with Crippen LogP contribution in [0.2, 0.25) is 0 Å². The fraction of sp³-hybridized carbons (Fsp3) is 0.188. The number of hydrogen-bond acceptors (Lipinski definition) is 1. The number of halogens is 3. The van der Waals surface area contributed by atoms with Crippen LogP contribution < -0.4 is 0 Å². The van der Waals surface area contributed by atoms with Gasteiger partial charge in [0.2, 0.25) is 0 Å². The number of rotatable bonds is 2. The van der Waals surface area contributed by atoms with Crippen LogP contribution in [0, 0.1) is 12.7 Å². The molecular formula is C16H13BrClFN2. The van der Waals surface area contributed by atoms with Gasteiger partial charge in [0.15, 0.2) is 0 Å². The summed E-state index contributed by atoms with van der Waals surface area (Å²) >= 11 is 9.83. The van der Waals surface area contributed by atoms with Gasteiger partial charge in [0, 0.05) is 10.5 Å². The highest BCUT2D eigenvalue weighted by Crippen LogP contribution is 2.32. The molecule has 0 saturated carbocycles. The Balaban J connectivity index is 2.38. The second kappa shape index (κ2) is 5.43. The average molecular weight is 368 g/mol. The second-order valence-electron chi connectivity index (χ2n) is 5.01. The third kappa shape index (κ3) is 2.58. The van der Waals surface area contributed by atoms with Crippen LogP contribution >= 0.6 is 27.5 Å². The molecule has 0 aliphatic heterocycles. The largest absolute Gasteiger partial charge is 0.294 e. The van der Waals surface area contributed by atoms with E-state index in [1.165, 1.54) is 12.1 Å². The topological polar surface area (TPSA) is 17.8 Å². The van der Waals surface area contributed by atoms with Gasteiger partial charge in [-0.05, 0) is 59.6 Å². The highest BCUT2D eigenvalue weighted by Gasteiger charge is 2.18. The number of nitrogens with zero attached hydrogens (tertiary/aromatic N) is 2. The summed E-state index contributed by atoms with van der Waals surface area (Å²) < 4.78 is 16.4. The molecule has 0 aliphatic carbocycles. The van der Waals surface area contributed by atoms with E-state index in [2.05, 4.69) is 20.9 Å². The third-order valence-electron chi connectivity index (χ3n) is 3.34. The summed E-state index contributed by atoms with van der Waals surface area (Å²) in [6.07, 6.45) is 0. The third-order valence-corrected chi connectivity index (χ3v) is 4.17. The molecule has 2 aromatic carbocycles. The fourth-order valence-corrected chi connectivity index (χ4v) is 3.20. The van der Waals surface area contributed by atoms with E-state index < -0.39 is 0 Å². The minimum absolute atomic E-state index is 0.284. The summed E-state index contributed by atoms with van der Waals surface area (Å²) in [5.41, 5.74) is 3.48. The number of hydrogen-bond donors (Lipinski definition) is 0. The van der Waals surface area contributed by atoms with Gasteiger partial charge in [-0.3, -0.25) is 4.57 Å². The van der Waals surface area contributed by atoms with Crippen LogP contribution in [0.3, 0.4) is 0 Å². The molecule has 1 aromatic heterocycles. The lowest BCUT2D eigenvalue weighted by molar-refractivity contribution is 0.629. The molecule has 0 N–H and O–H groups in total. The number of benzene rings is 2. The van der Waals surface area contributed by atoms with Crippen molar-refractivity contribution < 1.29 is 4.39 Å². The van der Waals surface area contributed by atoms with Crippen molar-refractivity contribution in [2.45, 2.75) is 19.2 Å². The van der Waals surface area contributed by atoms with Gasteiger partial charge in [0.05, 0.1) is 22.1 Å². The number of aryl methyl sites for hydroxylation is 1. The Morgan fingerprint density at radius 1 is 1.24 bits per heavy atom. The minimum Gasteiger partial charge on any atom is -0.294 e. The van der Waals surface area contributed by atoms with Gasteiger partial charge in [-0.25, -0.2) is 9.37 Å². The zero-order valence-corrected chi connectivity index (χ0v) is 13.9. The minimum atomic E-state index is -0.291. The van der Waals surface area contributed by atoms with Crippen molar-refractivity contribution in [1.82, 2.24) is 9.55 Å². The quantitative estimate of drug-likeness (QED) is 0.544. The van der Waals surface area contributed by atoms with E-state index in [4.69, 9.17) is 11.6 Å². The zero-order valence-electron chi connectivity index (χ0n) is 11.6. The first-order chi connectivity index (χ1) is 9.97. The monoisotopic (exact) mass is 366 g/mol. The lowest BCUT2D eigenvalue weighted by atomic mass is 10.2. The van der Waals surface area contributed by atoms with Crippen LogP contribution in [0.1, 0.15) is 23.7 Å². The molecule has 0 spiro atoms. The molecule has 1 atom stereocenters. The first kappa shape index (κ1) is 14.5. The molecule has 1 heterocycles. The van der Waals surface area contributed by atoms with Crippen LogP contribution in [0.4, 0.5) is 4.39 Å². The predicted octanol–water partition coefficient (Wildman–Crippen LogP) is 5.54. The molecule has 3 rings (SSSR count). The molecule has 0 aliphatic rings. The van der Waals surface area contributed by atoms with E-state index in [0.29, 0.717) is 11.3 Å². The molecule has 0 fully saturated rings. The molecule has 21 heavy (non-hydrogen) atoms. The van der Waals surface area contributed by atoms with Gasteiger partial charge in [0.1, 0.15) is 11.6 Å². The van der Waals surface area contributed by atoms with Crippen molar-refractivity contribution in [3.8, 4) is 5.69 Å². The molecule has 5 heteroatoms. The van der Waals surface area contributed by atoms with Gasteiger partial charge in [-0.1, -0.05) is 6.07 Å². The Bertz CT molecular complexity index is 827. The fourth-order valence-electron chi connectivity index (χ4n) is 2.38. The smallest absolute Gasteiger partial charge is 0.132 e. The summed E-state index contributed by atoms with van der Waals surface area (Å²) in [7, 11) is 0. The molecule has 1 unspecified atom stereocenters. The maximum Gasteiger partial charge on any atom is 0.132 e. The normalized spacial score (nSPS) is 12.8. The molecular weight excluding hydrogens is 355 g/mol. The second-order valence-corrected chi connectivity index (χ2v) is 6.52. The first-order valence-corrected chi connectivity index (χ1v) is 7.79. The average Bonchev–Trinajstić information content (AvgIpc) is 2.77. The van der Waals surface area contributed by atoms with Gasteiger partial charge in [0.25, 0.3) is 0 Å². The lowest BCUT2D eigenvalue weighted by Gasteiger charge is -2.13. The van der Waals surface area contributed by atoms with Crippen molar-refractivity contribution in [3.05, 3.63) is 58.1 Å². The lowest BCUT2D eigenvalue weighted by Crippen LogP contribution is -2.03. The van der Waals surface area contributed by atoms with E-state index in [-0.39, 0.29) is 11.2 Å². The summed E-state index contributed by atoms with van der Waals surface area (Å²) in [5.74, 6) is 0.405. The number of aromatic nitrogens is 2. The molecule has 2 nitrogen and oxygen atoms in total. The van der Waals surface area contributed by atoms with E-state index in [1.807, 2.05) is 36.6 Å². The van der Waals surface area contributed by atoms with E-state index >= 15 is 0 Å². The zero-order chi connectivity index (χ0) is 15.1. The van der Waals surface area contributed by atoms with Crippen LogP contribution in [-0.2, 0) is 0 Å². The highest BCUT2D eigenvalue weighted by molar-refractivity contribution is 9.10. The molecule has 0 amide bonds. The summed E-state index contributed by atoms with van der Waals surface area (Å²) in [5, 5.41) is -0.284.